The van der Waals surface area contributed by atoms with Crippen LogP contribution in [0.4, 0.5) is 34.1 Å². The van der Waals surface area contributed by atoms with Crippen LogP contribution in [0.25, 0.3) is 33.4 Å². The van der Waals surface area contributed by atoms with E-state index in [9.17, 15) is 19.8 Å². The van der Waals surface area contributed by atoms with Crippen LogP contribution in [-0.2, 0) is 5.41 Å². The summed E-state index contributed by atoms with van der Waals surface area (Å²) in [6, 6.07) is 61.4. The van der Waals surface area contributed by atoms with E-state index in [1.165, 1.54) is 71.9 Å². The minimum absolute atomic E-state index is 0.0601. The van der Waals surface area contributed by atoms with E-state index in [2.05, 4.69) is 152 Å². The smallest absolute Gasteiger partial charge is 0.335 e. The van der Waals surface area contributed by atoms with Crippen molar-refractivity contribution < 1.29 is 19.8 Å². The fraction of sp³-hybridized carbons (Fsp3) is 0.194. The normalized spacial score (nSPS) is 13.7. The van der Waals surface area contributed by atoms with Gasteiger partial charge in [0.1, 0.15) is 0 Å². The molecule has 0 heterocycles. The Kier molecular flexibility index (Phi) is 13.1. The first-order chi connectivity index (χ1) is 33.0. The summed E-state index contributed by atoms with van der Waals surface area (Å²) < 4.78 is 0. The first-order valence-electron chi connectivity index (χ1n) is 23.9. The summed E-state index contributed by atoms with van der Waals surface area (Å²) in [4.78, 5) is 28.3. The summed E-state index contributed by atoms with van der Waals surface area (Å²) in [7, 11) is 0. The number of aryl methyl sites for hydroxylation is 2. The molecule has 340 valence electrons. The highest BCUT2D eigenvalue weighted by molar-refractivity contribution is 5.92. The molecule has 0 saturated heterocycles. The zero-order chi connectivity index (χ0) is 47.4. The molecule has 9 rings (SSSR count). The van der Waals surface area contributed by atoms with E-state index in [0.717, 1.165) is 62.8 Å². The molecular formula is C62H58N2O4. The third-order valence-electron chi connectivity index (χ3n) is 13.7. The number of carbonyl (C=O) groups is 2. The van der Waals surface area contributed by atoms with Gasteiger partial charge in [-0.1, -0.05) is 154 Å². The molecule has 2 N–H and O–H groups in total. The summed E-state index contributed by atoms with van der Waals surface area (Å²) in [5.41, 5.74) is 17.8. The van der Waals surface area contributed by atoms with Crippen LogP contribution in [-0.4, -0.2) is 22.2 Å². The van der Waals surface area contributed by atoms with Crippen molar-refractivity contribution in [1.29, 1.82) is 0 Å². The Morgan fingerprint density at radius 2 is 0.824 bits per heavy atom. The summed E-state index contributed by atoms with van der Waals surface area (Å²) in [5, 5.41) is 19.8. The number of rotatable bonds is 17. The molecule has 0 aliphatic heterocycles. The maximum atomic E-state index is 12.2. The van der Waals surface area contributed by atoms with Gasteiger partial charge in [0.2, 0.25) is 0 Å². The Hall–Kier alpha value is -7.70. The number of aromatic carboxylic acids is 2. The van der Waals surface area contributed by atoms with Crippen LogP contribution in [0.15, 0.2) is 182 Å². The van der Waals surface area contributed by atoms with Gasteiger partial charge in [-0.05, 0) is 156 Å². The predicted molar refractivity (Wildman–Crippen MR) is 280 cm³/mol. The number of benzene rings is 8. The van der Waals surface area contributed by atoms with Gasteiger partial charge in [-0.3, -0.25) is 0 Å². The van der Waals surface area contributed by atoms with E-state index in [1.807, 2.05) is 31.2 Å². The van der Waals surface area contributed by atoms with Crippen LogP contribution in [0.2, 0.25) is 0 Å². The van der Waals surface area contributed by atoms with Crippen molar-refractivity contribution in [2.45, 2.75) is 78.1 Å². The van der Waals surface area contributed by atoms with Crippen LogP contribution < -0.4 is 9.80 Å². The molecule has 1 aliphatic rings. The molecule has 0 saturated carbocycles. The van der Waals surface area contributed by atoms with Crippen molar-refractivity contribution in [2.75, 3.05) is 9.80 Å². The number of unbranched alkanes of at least 4 members (excludes halogenated alkanes) is 5. The second-order valence-electron chi connectivity index (χ2n) is 18.5. The van der Waals surface area contributed by atoms with E-state index in [4.69, 9.17) is 0 Å². The highest BCUT2D eigenvalue weighted by Crippen LogP contribution is 2.53. The largest absolute Gasteiger partial charge is 0.478 e. The van der Waals surface area contributed by atoms with Gasteiger partial charge in [0.05, 0.1) is 11.1 Å². The lowest BCUT2D eigenvalue weighted by atomic mass is 9.75. The Labute approximate surface area is 400 Å². The van der Waals surface area contributed by atoms with Gasteiger partial charge in [-0.15, -0.1) is 0 Å². The highest BCUT2D eigenvalue weighted by atomic mass is 16.4. The summed E-state index contributed by atoms with van der Waals surface area (Å²) in [6.45, 7) is 8.97. The number of anilines is 6. The van der Waals surface area contributed by atoms with Gasteiger partial charge in [0.15, 0.2) is 0 Å². The molecular weight excluding hydrogens is 837 g/mol. The van der Waals surface area contributed by atoms with Gasteiger partial charge in [-0.2, -0.15) is 0 Å². The lowest BCUT2D eigenvalue weighted by Gasteiger charge is -2.28. The van der Waals surface area contributed by atoms with Crippen molar-refractivity contribution in [1.82, 2.24) is 0 Å². The van der Waals surface area contributed by atoms with Gasteiger partial charge in [0.25, 0.3) is 0 Å². The molecule has 1 unspecified atom stereocenters. The molecule has 8 aromatic carbocycles. The average Bonchev–Trinajstić information content (AvgIpc) is 3.60. The second kappa shape index (κ2) is 19.6. The van der Waals surface area contributed by atoms with Crippen molar-refractivity contribution in [3.05, 3.63) is 215 Å². The number of nitrogens with zero attached hydrogens (tertiary/aromatic N) is 2. The molecule has 8 aromatic rings. The first-order valence-corrected chi connectivity index (χ1v) is 23.9. The van der Waals surface area contributed by atoms with Crippen molar-refractivity contribution in [3.8, 4) is 33.4 Å². The molecule has 0 radical (unpaired) electrons. The molecule has 0 amide bonds. The molecule has 68 heavy (non-hydrogen) atoms. The maximum Gasteiger partial charge on any atom is 0.335 e. The minimum Gasteiger partial charge on any atom is -0.478 e. The molecule has 6 heteroatoms. The molecule has 0 aromatic heterocycles. The van der Waals surface area contributed by atoms with Crippen molar-refractivity contribution >= 4 is 46.1 Å². The van der Waals surface area contributed by atoms with Gasteiger partial charge in [0, 0.05) is 39.5 Å². The topological polar surface area (TPSA) is 81.1 Å². The number of hydrogen-bond donors (Lipinski definition) is 2. The Morgan fingerprint density at radius 3 is 1.31 bits per heavy atom. The van der Waals surface area contributed by atoms with Crippen molar-refractivity contribution in [3.63, 3.8) is 0 Å². The molecule has 6 nitrogen and oxygen atoms in total. The Balaban J connectivity index is 1.01. The Bertz CT molecular complexity index is 3080. The molecule has 0 fully saturated rings. The fourth-order valence-corrected chi connectivity index (χ4v) is 9.99. The molecule has 0 bridgehead atoms. The predicted octanol–water partition coefficient (Wildman–Crippen LogP) is 17.0. The quantitative estimate of drug-likeness (QED) is 0.0887. The lowest BCUT2D eigenvalue weighted by molar-refractivity contribution is 0.0686. The maximum absolute atomic E-state index is 12.2. The van der Waals surface area contributed by atoms with Crippen LogP contribution in [0.5, 0.6) is 0 Å². The van der Waals surface area contributed by atoms with E-state index in [1.54, 1.807) is 36.4 Å². The highest BCUT2D eigenvalue weighted by Gasteiger charge is 2.39. The Morgan fingerprint density at radius 1 is 0.426 bits per heavy atom. The monoisotopic (exact) mass is 894 g/mol. The van der Waals surface area contributed by atoms with E-state index in [0.29, 0.717) is 0 Å². The third-order valence-corrected chi connectivity index (χ3v) is 13.7. The number of hydrogen-bond acceptors (Lipinski definition) is 4. The fourth-order valence-electron chi connectivity index (χ4n) is 9.99. The van der Waals surface area contributed by atoms with Crippen LogP contribution in [0.3, 0.4) is 0 Å². The number of carboxylic acid groups (broad SMARTS) is 2. The molecule has 1 aliphatic carbocycles. The van der Waals surface area contributed by atoms with Crippen LogP contribution in [0, 0.1) is 13.8 Å². The summed E-state index contributed by atoms with van der Waals surface area (Å²) >= 11 is 0. The third kappa shape index (κ3) is 9.32. The average molecular weight is 895 g/mol. The second-order valence-corrected chi connectivity index (χ2v) is 18.5. The summed E-state index contributed by atoms with van der Waals surface area (Å²) in [5.74, 6) is -1.95. The van der Waals surface area contributed by atoms with E-state index < -0.39 is 11.9 Å². The lowest BCUT2D eigenvalue weighted by Crippen LogP contribution is -2.21. The zero-order valence-electron chi connectivity index (χ0n) is 39.4. The van der Waals surface area contributed by atoms with Gasteiger partial charge in [-0.25, -0.2) is 9.59 Å². The van der Waals surface area contributed by atoms with Crippen LogP contribution in [0.1, 0.15) is 102 Å². The minimum atomic E-state index is -0.978. The van der Waals surface area contributed by atoms with Gasteiger partial charge >= 0.3 is 11.9 Å². The standard InChI is InChI=1S/C62H58N2O4/c1-5-6-7-8-9-10-37-62(4)58-38-43(3)19-35-56(58)57-36-26-47(41-59(57)62)46-24-33-53(34-25-46)64(55-16-12-14-49(40-55)61(67)68)52-31-22-45(23-32-52)44-20-29-51(30-21-44)63(50-27-17-42(2)18-28-50)54-15-11-13-48(39-54)60(65)66/h11-36,38-41H,5-10,37H2,1-4H3,(H,65,66)(H,67,68). The molecule has 0 spiro atoms. The van der Waals surface area contributed by atoms with E-state index in [-0.39, 0.29) is 16.5 Å². The van der Waals surface area contributed by atoms with E-state index >= 15 is 0 Å². The zero-order valence-corrected chi connectivity index (χ0v) is 39.4. The summed E-state index contributed by atoms with van der Waals surface area (Å²) in [6.07, 6.45) is 8.77. The first kappa shape index (κ1) is 45.5. The number of carboxylic acids is 2. The SMILES string of the molecule is CCCCCCCCC1(C)c2cc(C)ccc2-c2ccc(-c3ccc(N(c4ccc(-c5ccc(N(c6ccc(C)cc6)c6cccc(C(=O)O)c6)cc5)cc4)c4cccc(C(=O)O)c4)cc3)cc21. The molecule has 1 atom stereocenters. The van der Waals surface area contributed by atoms with Crippen molar-refractivity contribution in [2.24, 2.45) is 0 Å². The van der Waals surface area contributed by atoms with Gasteiger partial charge < -0.3 is 20.0 Å². The van der Waals surface area contributed by atoms with Crippen LogP contribution >= 0.6 is 0 Å². The number of fused-ring (bicyclic) bond motifs is 3.